The molecular weight excluding hydrogens is 298 g/mol. The van der Waals surface area contributed by atoms with E-state index < -0.39 is 11.6 Å². The van der Waals surface area contributed by atoms with Crippen LogP contribution in [0.2, 0.25) is 0 Å². The maximum atomic E-state index is 12.7. The smallest absolute Gasteiger partial charge is 0.348 e. The molecule has 5 heteroatoms. The third-order valence-electron chi connectivity index (χ3n) is 3.99. The molecule has 1 fully saturated rings. The summed E-state index contributed by atoms with van der Waals surface area (Å²) in [5, 5.41) is 13.0. The molecule has 1 saturated heterocycles. The maximum Gasteiger partial charge on any atom is 0.348 e. The number of hydrogen-bond acceptors (Lipinski definition) is 5. The van der Waals surface area contributed by atoms with E-state index in [1.54, 1.807) is 18.2 Å². The van der Waals surface area contributed by atoms with E-state index in [0.717, 1.165) is 13.0 Å². The SMILES string of the molecule is CN1CCC(OC(=O)C(O)(c2ccccc2)c2cccs2)C1. The van der Waals surface area contributed by atoms with Gasteiger partial charge in [0.1, 0.15) is 6.10 Å². The zero-order valence-corrected chi connectivity index (χ0v) is 13.3. The van der Waals surface area contributed by atoms with E-state index in [2.05, 4.69) is 4.90 Å². The van der Waals surface area contributed by atoms with Crippen molar-refractivity contribution in [2.75, 3.05) is 20.1 Å². The van der Waals surface area contributed by atoms with Crippen molar-refractivity contribution in [3.8, 4) is 0 Å². The van der Waals surface area contributed by atoms with Crippen molar-refractivity contribution in [1.29, 1.82) is 0 Å². The first kappa shape index (κ1) is 15.2. The van der Waals surface area contributed by atoms with Gasteiger partial charge in [-0.05, 0) is 24.9 Å². The molecule has 0 spiro atoms. The highest BCUT2D eigenvalue weighted by Gasteiger charge is 2.44. The zero-order chi connectivity index (χ0) is 15.6. The Balaban J connectivity index is 1.91. The number of likely N-dealkylation sites (N-methyl/N-ethyl adjacent to an activating group) is 1. The van der Waals surface area contributed by atoms with Crippen molar-refractivity contribution in [3.63, 3.8) is 0 Å². The minimum Gasteiger partial charge on any atom is -0.458 e. The molecule has 1 aromatic carbocycles. The lowest BCUT2D eigenvalue weighted by Crippen LogP contribution is -2.40. The molecule has 0 amide bonds. The fourth-order valence-corrected chi connectivity index (χ4v) is 3.58. The lowest BCUT2D eigenvalue weighted by Gasteiger charge is -2.27. The molecule has 0 bridgehead atoms. The van der Waals surface area contributed by atoms with Gasteiger partial charge in [0.15, 0.2) is 0 Å². The number of thiophene rings is 1. The number of nitrogens with zero attached hydrogens (tertiary/aromatic N) is 1. The molecule has 2 heterocycles. The summed E-state index contributed by atoms with van der Waals surface area (Å²) in [4.78, 5) is 15.4. The number of hydrogen-bond donors (Lipinski definition) is 1. The van der Waals surface area contributed by atoms with Gasteiger partial charge in [-0.15, -0.1) is 11.3 Å². The monoisotopic (exact) mass is 317 g/mol. The molecule has 3 rings (SSSR count). The summed E-state index contributed by atoms with van der Waals surface area (Å²) in [5.41, 5.74) is -1.20. The van der Waals surface area contributed by atoms with E-state index >= 15 is 0 Å². The molecule has 1 N–H and O–H groups in total. The summed E-state index contributed by atoms with van der Waals surface area (Å²) < 4.78 is 5.60. The van der Waals surface area contributed by atoms with Gasteiger partial charge in [0, 0.05) is 18.7 Å². The Morgan fingerprint density at radius 3 is 2.68 bits per heavy atom. The third kappa shape index (κ3) is 2.79. The average Bonchev–Trinajstić information content (AvgIpc) is 3.19. The lowest BCUT2D eigenvalue weighted by molar-refractivity contribution is -0.166. The van der Waals surface area contributed by atoms with Crippen LogP contribution < -0.4 is 0 Å². The van der Waals surface area contributed by atoms with Gasteiger partial charge in [-0.3, -0.25) is 0 Å². The van der Waals surface area contributed by atoms with Gasteiger partial charge in [-0.25, -0.2) is 4.79 Å². The van der Waals surface area contributed by atoms with Gasteiger partial charge in [0.25, 0.3) is 0 Å². The number of aliphatic hydroxyl groups is 1. The first-order valence-electron chi connectivity index (χ1n) is 7.32. The summed E-state index contributed by atoms with van der Waals surface area (Å²) in [5.74, 6) is -0.596. The van der Waals surface area contributed by atoms with Crippen LogP contribution in [0.3, 0.4) is 0 Å². The van der Waals surface area contributed by atoms with Crippen molar-refractivity contribution in [2.24, 2.45) is 0 Å². The average molecular weight is 317 g/mol. The van der Waals surface area contributed by atoms with Gasteiger partial charge >= 0.3 is 5.97 Å². The van der Waals surface area contributed by atoms with Crippen molar-refractivity contribution in [2.45, 2.75) is 18.1 Å². The molecule has 1 aliphatic rings. The van der Waals surface area contributed by atoms with Crippen molar-refractivity contribution >= 4 is 17.3 Å². The first-order chi connectivity index (χ1) is 10.6. The second-order valence-corrected chi connectivity index (χ2v) is 6.58. The lowest BCUT2D eigenvalue weighted by atomic mass is 9.92. The highest BCUT2D eigenvalue weighted by Crippen LogP contribution is 2.34. The molecule has 0 aliphatic carbocycles. The Hall–Kier alpha value is -1.69. The van der Waals surface area contributed by atoms with Crippen molar-refractivity contribution < 1.29 is 14.6 Å². The highest BCUT2D eigenvalue weighted by molar-refractivity contribution is 7.10. The molecule has 116 valence electrons. The number of esters is 1. The molecular formula is C17H19NO3S. The highest BCUT2D eigenvalue weighted by atomic mass is 32.1. The van der Waals surface area contributed by atoms with Gasteiger partial charge in [0.05, 0.1) is 4.88 Å². The summed E-state index contributed by atoms with van der Waals surface area (Å²) in [6.07, 6.45) is 0.644. The predicted octanol–water partition coefficient (Wildman–Crippen LogP) is 2.23. The van der Waals surface area contributed by atoms with Crippen LogP contribution >= 0.6 is 11.3 Å². The molecule has 0 radical (unpaired) electrons. The topological polar surface area (TPSA) is 49.8 Å². The van der Waals surface area contributed by atoms with Gasteiger partial charge in [-0.2, -0.15) is 0 Å². The first-order valence-corrected chi connectivity index (χ1v) is 8.20. The summed E-state index contributed by atoms with van der Waals surface area (Å²) in [6.45, 7) is 1.61. The van der Waals surface area contributed by atoms with Gasteiger partial charge in [0.2, 0.25) is 5.60 Å². The molecule has 4 nitrogen and oxygen atoms in total. The Morgan fingerprint density at radius 2 is 2.09 bits per heavy atom. The van der Waals surface area contributed by atoms with E-state index in [1.807, 2.05) is 36.7 Å². The van der Waals surface area contributed by atoms with E-state index in [9.17, 15) is 9.90 Å². The number of benzene rings is 1. The number of rotatable bonds is 4. The second kappa shape index (κ2) is 6.20. The summed E-state index contributed by atoms with van der Waals surface area (Å²) in [7, 11) is 2.00. The van der Waals surface area contributed by atoms with Crippen LogP contribution in [-0.2, 0) is 15.1 Å². The Labute approximate surface area is 134 Å². The number of carbonyl (C=O) groups excluding carboxylic acids is 1. The fraction of sp³-hybridized carbons (Fsp3) is 0.353. The Kier molecular flexibility index (Phi) is 4.29. The summed E-state index contributed by atoms with van der Waals surface area (Å²) >= 11 is 1.35. The quantitative estimate of drug-likeness (QED) is 0.879. The standard InChI is InChI=1S/C17H19NO3S/c1-18-10-9-14(12-18)21-16(19)17(20,15-8-5-11-22-15)13-6-3-2-4-7-13/h2-8,11,14,20H,9-10,12H2,1H3. The maximum absolute atomic E-state index is 12.7. The van der Waals surface area contributed by atoms with Crippen molar-refractivity contribution in [3.05, 3.63) is 58.3 Å². The van der Waals surface area contributed by atoms with E-state index in [0.29, 0.717) is 17.0 Å². The van der Waals surface area contributed by atoms with E-state index in [4.69, 9.17) is 4.74 Å². The molecule has 2 unspecified atom stereocenters. The molecule has 2 atom stereocenters. The normalized spacial score (nSPS) is 21.5. The zero-order valence-electron chi connectivity index (χ0n) is 12.4. The largest absolute Gasteiger partial charge is 0.458 e. The van der Waals surface area contributed by atoms with Gasteiger partial charge in [-0.1, -0.05) is 36.4 Å². The van der Waals surface area contributed by atoms with Gasteiger partial charge < -0.3 is 14.7 Å². The van der Waals surface area contributed by atoms with Crippen LogP contribution in [0.1, 0.15) is 16.9 Å². The number of ether oxygens (including phenoxy) is 1. The molecule has 22 heavy (non-hydrogen) atoms. The van der Waals surface area contributed by atoms with Crippen LogP contribution in [0.25, 0.3) is 0 Å². The van der Waals surface area contributed by atoms with E-state index in [-0.39, 0.29) is 6.10 Å². The minimum absolute atomic E-state index is 0.160. The Morgan fingerprint density at radius 1 is 1.32 bits per heavy atom. The van der Waals surface area contributed by atoms with E-state index in [1.165, 1.54) is 11.3 Å². The Bertz CT molecular complexity index is 629. The van der Waals surface area contributed by atoms with Crippen LogP contribution in [0.5, 0.6) is 0 Å². The third-order valence-corrected chi connectivity index (χ3v) is 4.97. The predicted molar refractivity (Wildman–Crippen MR) is 85.8 cm³/mol. The minimum atomic E-state index is -1.74. The van der Waals surface area contributed by atoms with Crippen LogP contribution in [0, 0.1) is 0 Å². The second-order valence-electron chi connectivity index (χ2n) is 5.63. The molecule has 1 aromatic heterocycles. The van der Waals surface area contributed by atoms with Crippen molar-refractivity contribution in [1.82, 2.24) is 4.90 Å². The number of carbonyl (C=O) groups is 1. The fourth-order valence-electron chi connectivity index (χ4n) is 2.75. The summed E-state index contributed by atoms with van der Waals surface area (Å²) in [6, 6.07) is 12.6. The van der Waals surface area contributed by atoms with Crippen LogP contribution in [0.4, 0.5) is 0 Å². The van der Waals surface area contributed by atoms with Crippen LogP contribution in [0.15, 0.2) is 47.8 Å². The molecule has 2 aromatic rings. The van der Waals surface area contributed by atoms with Crippen LogP contribution in [-0.4, -0.2) is 42.2 Å². The molecule has 0 saturated carbocycles. The molecule has 1 aliphatic heterocycles. The number of likely N-dealkylation sites (tertiary alicyclic amines) is 1.